The third-order valence-electron chi connectivity index (χ3n) is 1.62. The van der Waals surface area contributed by atoms with Crippen molar-refractivity contribution < 1.29 is 8.42 Å². The van der Waals surface area contributed by atoms with E-state index in [9.17, 15) is 8.42 Å². The molecule has 1 aromatic rings. The Morgan fingerprint density at radius 2 is 1.85 bits per heavy atom. The van der Waals surface area contributed by atoms with Crippen LogP contribution >= 0.6 is 12.2 Å². The van der Waals surface area contributed by atoms with Gasteiger partial charge in [-0.2, -0.15) is 0 Å². The van der Waals surface area contributed by atoms with Crippen LogP contribution in [0.1, 0.15) is 0 Å². The molecular formula is C9H9O2S2. The van der Waals surface area contributed by atoms with Crippen molar-refractivity contribution in [1.29, 1.82) is 0 Å². The predicted molar refractivity (Wildman–Crippen MR) is 56.4 cm³/mol. The van der Waals surface area contributed by atoms with Gasteiger partial charge in [0, 0.05) is 0 Å². The Hall–Kier alpha value is -0.740. The standard InChI is InChI=1S/C9H9O2S2/c1-8(7-12)13(10,11)9-5-3-2-4-6-9/h2-8H,1H2. The van der Waals surface area contributed by atoms with Gasteiger partial charge in [0.15, 0.2) is 9.84 Å². The van der Waals surface area contributed by atoms with Crippen LogP contribution in [0, 0.1) is 6.92 Å². The van der Waals surface area contributed by atoms with Gasteiger partial charge < -0.3 is 0 Å². The van der Waals surface area contributed by atoms with Crippen molar-refractivity contribution in [2.75, 3.05) is 0 Å². The molecule has 0 fully saturated rings. The maximum atomic E-state index is 11.6. The first kappa shape index (κ1) is 10.3. The number of benzene rings is 1. The molecule has 0 amide bonds. The smallest absolute Gasteiger partial charge is 0.185 e. The van der Waals surface area contributed by atoms with Crippen molar-refractivity contribution in [2.24, 2.45) is 0 Å². The first-order valence-electron chi connectivity index (χ1n) is 3.66. The highest BCUT2D eigenvalue weighted by Gasteiger charge is 2.20. The summed E-state index contributed by atoms with van der Waals surface area (Å²) < 4.78 is 23.2. The van der Waals surface area contributed by atoms with Crippen LogP contribution in [0.2, 0.25) is 0 Å². The number of hydrogen-bond donors (Lipinski definition) is 0. The fraction of sp³-hybridized carbons (Fsp3) is 0.111. The molecule has 1 rings (SSSR count). The Morgan fingerprint density at radius 1 is 1.31 bits per heavy atom. The lowest BCUT2D eigenvalue weighted by atomic mass is 10.4. The fourth-order valence-electron chi connectivity index (χ4n) is 0.858. The first-order valence-corrected chi connectivity index (χ1v) is 5.68. The van der Waals surface area contributed by atoms with E-state index in [2.05, 4.69) is 19.1 Å². The van der Waals surface area contributed by atoms with Crippen LogP contribution in [-0.2, 0) is 9.84 Å². The van der Waals surface area contributed by atoms with Crippen LogP contribution in [0.4, 0.5) is 0 Å². The zero-order chi connectivity index (χ0) is 9.90. The Labute approximate surface area is 83.5 Å². The maximum absolute atomic E-state index is 11.6. The van der Waals surface area contributed by atoms with E-state index in [-0.39, 0.29) is 4.90 Å². The second-order valence-corrected chi connectivity index (χ2v) is 4.97. The van der Waals surface area contributed by atoms with Gasteiger partial charge >= 0.3 is 0 Å². The second-order valence-electron chi connectivity index (χ2n) is 2.53. The predicted octanol–water partition coefficient (Wildman–Crippen LogP) is 1.66. The van der Waals surface area contributed by atoms with Gasteiger partial charge in [-0.05, 0) is 24.4 Å². The van der Waals surface area contributed by atoms with E-state index in [1.165, 1.54) is 12.1 Å². The third kappa shape index (κ3) is 2.14. The fourth-order valence-corrected chi connectivity index (χ4v) is 2.33. The zero-order valence-corrected chi connectivity index (χ0v) is 8.51. The summed E-state index contributed by atoms with van der Waals surface area (Å²) in [5.74, 6) is 0. The molecule has 0 N–H and O–H groups in total. The molecule has 0 spiro atoms. The van der Waals surface area contributed by atoms with Crippen LogP contribution in [0.25, 0.3) is 0 Å². The van der Waals surface area contributed by atoms with Crippen LogP contribution < -0.4 is 0 Å². The van der Waals surface area contributed by atoms with Gasteiger partial charge in [-0.3, -0.25) is 0 Å². The molecule has 0 saturated carbocycles. The lowest BCUT2D eigenvalue weighted by Crippen LogP contribution is -2.18. The maximum Gasteiger partial charge on any atom is 0.185 e. The Balaban J connectivity index is 3.16. The minimum Gasteiger partial charge on any atom is -0.223 e. The van der Waals surface area contributed by atoms with E-state index in [1.807, 2.05) is 0 Å². The lowest BCUT2D eigenvalue weighted by Gasteiger charge is -2.06. The van der Waals surface area contributed by atoms with Crippen molar-refractivity contribution in [2.45, 2.75) is 10.1 Å². The highest BCUT2D eigenvalue weighted by Crippen LogP contribution is 2.13. The van der Waals surface area contributed by atoms with E-state index in [1.54, 1.807) is 18.2 Å². The molecule has 1 atom stereocenters. The van der Waals surface area contributed by atoms with Crippen molar-refractivity contribution in [3.63, 3.8) is 0 Å². The first-order chi connectivity index (χ1) is 6.09. The molecule has 4 heteroatoms. The van der Waals surface area contributed by atoms with Crippen molar-refractivity contribution in [3.05, 3.63) is 37.3 Å². The minimum atomic E-state index is -3.36. The average molecular weight is 213 g/mol. The molecular weight excluding hydrogens is 204 g/mol. The zero-order valence-electron chi connectivity index (χ0n) is 6.88. The highest BCUT2D eigenvalue weighted by atomic mass is 32.2. The van der Waals surface area contributed by atoms with Gasteiger partial charge in [0.1, 0.15) is 0 Å². The van der Waals surface area contributed by atoms with Gasteiger partial charge in [-0.25, -0.2) is 8.42 Å². The SMILES string of the molecule is [CH2]C(C=S)S(=O)(=O)c1ccccc1. The van der Waals surface area contributed by atoms with Gasteiger partial charge in [0.05, 0.1) is 10.1 Å². The van der Waals surface area contributed by atoms with Crippen LogP contribution in [0.5, 0.6) is 0 Å². The minimum absolute atomic E-state index is 0.260. The summed E-state index contributed by atoms with van der Waals surface area (Å²) in [5, 5.41) is 0.299. The Morgan fingerprint density at radius 3 is 2.31 bits per heavy atom. The molecule has 0 aromatic heterocycles. The van der Waals surface area contributed by atoms with Gasteiger partial charge in [-0.15, -0.1) is 0 Å². The molecule has 0 aliphatic heterocycles. The monoisotopic (exact) mass is 213 g/mol. The lowest BCUT2D eigenvalue weighted by molar-refractivity contribution is 0.596. The van der Waals surface area contributed by atoms with Gasteiger partial charge in [0.2, 0.25) is 0 Å². The molecule has 69 valence electrons. The van der Waals surface area contributed by atoms with E-state index in [4.69, 9.17) is 0 Å². The largest absolute Gasteiger partial charge is 0.223 e. The molecule has 1 unspecified atom stereocenters. The van der Waals surface area contributed by atoms with Crippen molar-refractivity contribution in [3.8, 4) is 0 Å². The summed E-state index contributed by atoms with van der Waals surface area (Å²) in [6.07, 6.45) is 0. The van der Waals surface area contributed by atoms with Crippen LogP contribution in [-0.4, -0.2) is 19.0 Å². The van der Waals surface area contributed by atoms with E-state index >= 15 is 0 Å². The molecule has 1 aromatic carbocycles. The average Bonchev–Trinajstić information content (AvgIpc) is 2.18. The molecule has 1 radical (unpaired) electrons. The molecule has 0 aliphatic carbocycles. The van der Waals surface area contributed by atoms with E-state index < -0.39 is 15.1 Å². The van der Waals surface area contributed by atoms with Crippen LogP contribution in [0.3, 0.4) is 0 Å². The van der Waals surface area contributed by atoms with E-state index in [0.717, 1.165) is 5.37 Å². The Kier molecular flexibility index (Phi) is 3.17. The van der Waals surface area contributed by atoms with Crippen molar-refractivity contribution >= 4 is 27.4 Å². The topological polar surface area (TPSA) is 34.1 Å². The summed E-state index contributed by atoms with van der Waals surface area (Å²) in [6, 6.07) is 8.17. The number of thiocarbonyl (C=S) groups is 1. The van der Waals surface area contributed by atoms with Crippen molar-refractivity contribution in [1.82, 2.24) is 0 Å². The number of rotatable bonds is 3. The highest BCUT2D eigenvalue weighted by molar-refractivity contribution is 7.94. The van der Waals surface area contributed by atoms with Crippen LogP contribution in [0.15, 0.2) is 35.2 Å². The summed E-state index contributed by atoms with van der Waals surface area (Å²) in [5.41, 5.74) is 0. The van der Waals surface area contributed by atoms with Gasteiger partial charge in [0.25, 0.3) is 0 Å². The number of sulfone groups is 1. The quantitative estimate of drug-likeness (QED) is 0.716. The Bertz CT molecular complexity index is 381. The molecule has 0 bridgehead atoms. The molecule has 2 nitrogen and oxygen atoms in total. The number of hydrogen-bond acceptors (Lipinski definition) is 3. The molecule has 0 saturated heterocycles. The summed E-state index contributed by atoms with van der Waals surface area (Å²) in [7, 11) is -3.36. The second kappa shape index (κ2) is 3.98. The molecule has 0 aliphatic rings. The summed E-state index contributed by atoms with van der Waals surface area (Å²) in [6.45, 7) is 3.46. The normalized spacial score (nSPS) is 13.6. The van der Waals surface area contributed by atoms with Gasteiger partial charge in [-0.1, -0.05) is 30.4 Å². The summed E-state index contributed by atoms with van der Waals surface area (Å²) >= 11 is 4.56. The van der Waals surface area contributed by atoms with E-state index in [0.29, 0.717) is 0 Å². The summed E-state index contributed by atoms with van der Waals surface area (Å²) in [4.78, 5) is 0.260. The third-order valence-corrected chi connectivity index (χ3v) is 3.99. The molecule has 0 heterocycles. The molecule has 13 heavy (non-hydrogen) atoms.